The number of nitrogens with zero attached hydrogens (tertiary/aromatic N) is 1. The van der Waals surface area contributed by atoms with Gasteiger partial charge in [-0.15, -0.1) is 0 Å². The fourth-order valence-electron chi connectivity index (χ4n) is 2.78. The van der Waals surface area contributed by atoms with Crippen LogP contribution >= 0.6 is 11.6 Å². The van der Waals surface area contributed by atoms with Gasteiger partial charge in [0.1, 0.15) is 17.8 Å². The second-order valence-corrected chi connectivity index (χ2v) is 7.59. The lowest BCUT2D eigenvalue weighted by Crippen LogP contribution is -2.33. The van der Waals surface area contributed by atoms with Gasteiger partial charge in [0, 0.05) is 23.6 Å². The molecule has 1 aliphatic heterocycles. The molecule has 0 aliphatic carbocycles. The molecule has 3 amide bonds. The molecule has 2 aromatic carbocycles. The molecule has 1 unspecified atom stereocenters. The van der Waals surface area contributed by atoms with Crippen molar-refractivity contribution in [2.24, 2.45) is 0 Å². The van der Waals surface area contributed by atoms with Crippen LogP contribution < -0.4 is 15.6 Å². The number of hydrogen-bond acceptors (Lipinski definition) is 3. The zero-order valence-electron chi connectivity index (χ0n) is 18.0. The van der Waals surface area contributed by atoms with Crippen LogP contribution in [0.25, 0.3) is 0 Å². The monoisotopic (exact) mass is 529 g/mol. The summed E-state index contributed by atoms with van der Waals surface area (Å²) in [5.41, 5.74) is -1.46. The number of para-hydroxylation sites is 1. The largest absolute Gasteiger partial charge is 0.388 e. The average molecular weight is 530 g/mol. The number of anilines is 2. The summed E-state index contributed by atoms with van der Waals surface area (Å²) in [5.74, 6) is -3.76. The first kappa shape index (κ1) is 28.0. The highest BCUT2D eigenvalue weighted by atomic mass is 35.5. The molecule has 1 atom stereocenters. The van der Waals surface area contributed by atoms with E-state index in [4.69, 9.17) is 11.6 Å². The second kappa shape index (κ2) is 12.0. The maximum Gasteiger partial charge on any atom is 0.388 e. The van der Waals surface area contributed by atoms with Crippen LogP contribution in [0.5, 0.6) is 5.75 Å². The fraction of sp³-hybridized carbons (Fsp3) is 0.333. The average Bonchev–Trinajstić information content (AvgIpc) is 3.23. The van der Waals surface area contributed by atoms with Crippen LogP contribution in [0.1, 0.15) is 30.1 Å². The number of rotatable bonds is 4. The molecule has 192 valence electrons. The highest BCUT2D eigenvalue weighted by Crippen LogP contribution is 2.30. The Balaban J connectivity index is 0.000000641. The number of halogens is 8. The minimum atomic E-state index is -3.96. The van der Waals surface area contributed by atoms with Gasteiger partial charge in [-0.25, -0.2) is 18.0 Å². The molecule has 1 aliphatic rings. The van der Waals surface area contributed by atoms with Gasteiger partial charge in [0.2, 0.25) is 0 Å². The molecule has 0 radical (unpaired) electrons. The van der Waals surface area contributed by atoms with Gasteiger partial charge < -0.3 is 15.5 Å². The third kappa shape index (κ3) is 7.91. The number of carbonyl (C=O) groups is 2. The Bertz CT molecular complexity index is 1050. The lowest BCUT2D eigenvalue weighted by Gasteiger charge is -2.17. The highest BCUT2D eigenvalue weighted by molar-refractivity contribution is 6.34. The molecule has 0 spiro atoms. The summed E-state index contributed by atoms with van der Waals surface area (Å²) in [6, 6.07) is 4.22. The van der Waals surface area contributed by atoms with E-state index >= 15 is 0 Å². The van der Waals surface area contributed by atoms with E-state index in [-0.39, 0.29) is 30.2 Å². The van der Waals surface area contributed by atoms with Crippen LogP contribution in [0.3, 0.4) is 0 Å². The summed E-state index contributed by atoms with van der Waals surface area (Å²) in [5, 5.41) is 4.15. The van der Waals surface area contributed by atoms with Crippen molar-refractivity contribution in [3.05, 3.63) is 52.6 Å². The first-order chi connectivity index (χ1) is 16.4. The molecule has 0 bridgehead atoms. The predicted octanol–water partition coefficient (Wildman–Crippen LogP) is 6.67. The summed E-state index contributed by atoms with van der Waals surface area (Å²) in [7, 11) is 0. The van der Waals surface area contributed by atoms with Crippen LogP contribution in [-0.2, 0) is 0 Å². The first-order valence-corrected chi connectivity index (χ1v) is 10.4. The van der Waals surface area contributed by atoms with Crippen molar-refractivity contribution in [3.63, 3.8) is 0 Å². The van der Waals surface area contributed by atoms with Crippen LogP contribution in [0.2, 0.25) is 5.02 Å². The van der Waals surface area contributed by atoms with Crippen molar-refractivity contribution in [2.45, 2.75) is 32.1 Å². The van der Waals surface area contributed by atoms with Gasteiger partial charge in [-0.2, -0.15) is 13.2 Å². The quantitative estimate of drug-likeness (QED) is 0.435. The Labute approximate surface area is 199 Å². The minimum absolute atomic E-state index is 0.123. The Morgan fingerprint density at radius 1 is 1.17 bits per heavy atom. The fourth-order valence-corrected chi connectivity index (χ4v) is 3.00. The van der Waals surface area contributed by atoms with Gasteiger partial charge >= 0.3 is 12.2 Å². The number of urea groups is 1. The van der Waals surface area contributed by atoms with Crippen molar-refractivity contribution in [1.82, 2.24) is 4.90 Å². The van der Waals surface area contributed by atoms with Gasteiger partial charge in [-0.1, -0.05) is 24.6 Å². The predicted molar refractivity (Wildman–Crippen MR) is 114 cm³/mol. The summed E-state index contributed by atoms with van der Waals surface area (Å²) in [4.78, 5) is 29.1. The minimum Gasteiger partial charge on any atom is -0.322 e. The van der Waals surface area contributed by atoms with E-state index in [0.717, 1.165) is 24.0 Å². The molecule has 1 fully saturated rings. The van der Waals surface area contributed by atoms with Gasteiger partial charge in [0.25, 0.3) is 5.91 Å². The summed E-state index contributed by atoms with van der Waals surface area (Å²) >= 11 is 5.81. The molecule has 0 saturated carbocycles. The Kier molecular flexibility index (Phi) is 9.57. The third-order valence-corrected chi connectivity index (χ3v) is 4.97. The zero-order valence-corrected chi connectivity index (χ0v) is 18.7. The summed E-state index contributed by atoms with van der Waals surface area (Å²) in [6.45, 7) is 1.08. The van der Waals surface area contributed by atoms with E-state index in [0.29, 0.717) is 6.07 Å². The van der Waals surface area contributed by atoms with E-state index < -0.39 is 59.3 Å². The molecular formula is C21H19ClF7N3O3. The molecule has 35 heavy (non-hydrogen) atoms. The van der Waals surface area contributed by atoms with E-state index in [1.807, 2.05) is 0 Å². The first-order valence-electron chi connectivity index (χ1n) is 10.0. The molecule has 3 rings (SSSR count). The number of nitrogens with one attached hydrogen (secondary N) is 2. The normalized spacial score (nSPS) is 15.2. The van der Waals surface area contributed by atoms with E-state index in [1.165, 1.54) is 12.1 Å². The van der Waals surface area contributed by atoms with Crippen molar-refractivity contribution in [1.29, 1.82) is 0 Å². The SMILES string of the molecule is CCC(F)(F)F.O=C(Nc1c(F)cccc1Cl)c1cc(F)c(NC(=O)N2CCC(F)C2)cc1OF. The van der Waals surface area contributed by atoms with E-state index in [9.17, 15) is 40.5 Å². The van der Waals surface area contributed by atoms with Crippen molar-refractivity contribution in [3.8, 4) is 5.75 Å². The molecule has 14 heteroatoms. The smallest absolute Gasteiger partial charge is 0.322 e. The van der Waals surface area contributed by atoms with Crippen LogP contribution in [0.4, 0.5) is 47.0 Å². The molecular weight excluding hydrogens is 511 g/mol. The Morgan fingerprint density at radius 3 is 2.34 bits per heavy atom. The molecule has 2 aromatic rings. The Hall–Kier alpha value is -3.22. The molecule has 1 heterocycles. The summed E-state index contributed by atoms with van der Waals surface area (Å²) in [6.07, 6.45) is -5.70. The number of amides is 3. The molecule has 6 nitrogen and oxygen atoms in total. The van der Waals surface area contributed by atoms with Crippen LogP contribution in [0.15, 0.2) is 30.3 Å². The van der Waals surface area contributed by atoms with Crippen molar-refractivity contribution in [2.75, 3.05) is 23.7 Å². The lowest BCUT2D eigenvalue weighted by atomic mass is 10.1. The number of likely N-dealkylation sites (tertiary alicyclic amines) is 1. The number of carbonyl (C=O) groups excluding carboxylic acids is 2. The lowest BCUT2D eigenvalue weighted by molar-refractivity contribution is -0.130. The van der Waals surface area contributed by atoms with E-state index in [2.05, 4.69) is 15.6 Å². The standard InChI is InChI=1S/C18H14ClF4N3O3.C3H5F3/c19-11-2-1-3-12(21)16(11)25-17(27)10-6-13(22)14(7-15(10)29-23)24-18(28)26-5-4-9(20)8-26;1-2-3(4,5)6/h1-3,6-7,9H,4-5,8H2,(H,24,28)(H,25,27);2H2,1H3. The molecule has 2 N–H and O–H groups in total. The van der Waals surface area contributed by atoms with Gasteiger partial charge in [-0.05, 0) is 24.6 Å². The topological polar surface area (TPSA) is 70.7 Å². The van der Waals surface area contributed by atoms with Crippen LogP contribution in [0, 0.1) is 11.6 Å². The number of alkyl halides is 4. The summed E-state index contributed by atoms with van der Waals surface area (Å²) < 4.78 is 86.7. The maximum absolute atomic E-state index is 14.4. The molecule has 0 aromatic heterocycles. The number of hydrogen-bond donors (Lipinski definition) is 2. The van der Waals surface area contributed by atoms with Crippen molar-refractivity contribution < 1.29 is 45.4 Å². The third-order valence-electron chi connectivity index (χ3n) is 4.66. The van der Waals surface area contributed by atoms with Gasteiger partial charge in [0.05, 0.1) is 28.5 Å². The maximum atomic E-state index is 14.4. The van der Waals surface area contributed by atoms with Gasteiger partial charge in [0.15, 0.2) is 5.75 Å². The molecule has 1 saturated heterocycles. The number of benzene rings is 2. The van der Waals surface area contributed by atoms with E-state index in [1.54, 1.807) is 0 Å². The van der Waals surface area contributed by atoms with Crippen LogP contribution in [-0.4, -0.2) is 42.3 Å². The zero-order chi connectivity index (χ0) is 26.3. The Morgan fingerprint density at radius 2 is 1.83 bits per heavy atom. The van der Waals surface area contributed by atoms with Crippen molar-refractivity contribution >= 4 is 34.9 Å². The van der Waals surface area contributed by atoms with Gasteiger partial charge in [-0.3, -0.25) is 9.74 Å². The second-order valence-electron chi connectivity index (χ2n) is 7.19. The highest BCUT2D eigenvalue weighted by Gasteiger charge is 2.27.